The molecule has 0 aromatic heterocycles. The van der Waals surface area contributed by atoms with Crippen molar-refractivity contribution in [1.82, 2.24) is 5.32 Å². The molecular formula is C25H30N2O6. The van der Waals surface area contributed by atoms with Crippen LogP contribution in [-0.2, 0) is 14.4 Å². The first-order valence-electron chi connectivity index (χ1n) is 10.3. The molecule has 0 aliphatic carbocycles. The van der Waals surface area contributed by atoms with Gasteiger partial charge in [-0.15, -0.1) is 0 Å². The van der Waals surface area contributed by atoms with E-state index in [-0.39, 0.29) is 25.3 Å². The van der Waals surface area contributed by atoms with Crippen molar-refractivity contribution in [3.63, 3.8) is 0 Å². The van der Waals surface area contributed by atoms with Gasteiger partial charge < -0.3 is 25.6 Å². The van der Waals surface area contributed by atoms with Gasteiger partial charge in [-0.3, -0.25) is 14.4 Å². The quantitative estimate of drug-likeness (QED) is 0.339. The van der Waals surface area contributed by atoms with Crippen LogP contribution in [0.15, 0.2) is 72.9 Å². The summed E-state index contributed by atoms with van der Waals surface area (Å²) in [6.45, 7) is 1.48. The number of hydrogen-bond acceptors (Lipinski definition) is 5. The Morgan fingerprint density at radius 3 is 2.27 bits per heavy atom. The number of aliphatic carboxylic acids is 1. The lowest BCUT2D eigenvalue weighted by Gasteiger charge is -2.11. The van der Waals surface area contributed by atoms with Gasteiger partial charge in [-0.1, -0.05) is 72.9 Å². The van der Waals surface area contributed by atoms with E-state index in [1.807, 2.05) is 42.5 Å². The van der Waals surface area contributed by atoms with E-state index in [0.717, 1.165) is 5.56 Å². The van der Waals surface area contributed by atoms with E-state index in [1.54, 1.807) is 37.5 Å². The van der Waals surface area contributed by atoms with Gasteiger partial charge in [0.15, 0.2) is 0 Å². The molecule has 0 aliphatic heterocycles. The van der Waals surface area contributed by atoms with Gasteiger partial charge in [0.05, 0.1) is 31.7 Å². The first kappa shape index (κ1) is 27.1. The summed E-state index contributed by atoms with van der Waals surface area (Å²) in [5.74, 6) is -1.00. The number of allylic oxidation sites excluding steroid dienone is 8. The van der Waals surface area contributed by atoms with Crippen molar-refractivity contribution in [3.8, 4) is 5.75 Å². The molecular weight excluding hydrogens is 424 g/mol. The van der Waals surface area contributed by atoms with Crippen molar-refractivity contribution in [2.75, 3.05) is 19.0 Å². The van der Waals surface area contributed by atoms with Crippen LogP contribution >= 0.6 is 0 Å². The molecule has 0 fully saturated rings. The molecule has 0 saturated carbocycles. The zero-order valence-corrected chi connectivity index (χ0v) is 18.7. The number of carbonyl (C=O) groups is 3. The Morgan fingerprint density at radius 2 is 1.67 bits per heavy atom. The number of ether oxygens (including phenoxy) is 1. The van der Waals surface area contributed by atoms with Crippen LogP contribution in [0.5, 0.6) is 5.75 Å². The maximum atomic E-state index is 11.5. The number of hydrogen-bond donors (Lipinski definition) is 4. The van der Waals surface area contributed by atoms with Gasteiger partial charge in [-0.05, 0) is 6.07 Å². The minimum absolute atomic E-state index is 0.0357. The number of nitrogens with one attached hydrogen (secondary N) is 2. The third-order valence-corrected chi connectivity index (χ3v) is 4.02. The van der Waals surface area contributed by atoms with Gasteiger partial charge in [0.2, 0.25) is 11.8 Å². The Morgan fingerprint density at radius 1 is 1.03 bits per heavy atom. The summed E-state index contributed by atoms with van der Waals surface area (Å²) in [5, 5.41) is 23.5. The number of carboxylic acids is 1. The highest BCUT2D eigenvalue weighted by Gasteiger charge is 2.08. The van der Waals surface area contributed by atoms with Crippen molar-refractivity contribution in [1.29, 1.82) is 0 Å². The molecule has 1 aromatic rings. The number of methoxy groups -OCH3 is 1. The highest BCUT2D eigenvalue weighted by atomic mass is 16.5. The Kier molecular flexibility index (Phi) is 13.0. The van der Waals surface area contributed by atoms with Crippen LogP contribution in [0.3, 0.4) is 0 Å². The highest BCUT2D eigenvalue weighted by Crippen LogP contribution is 2.29. The minimum Gasteiger partial charge on any atom is -0.495 e. The van der Waals surface area contributed by atoms with E-state index in [2.05, 4.69) is 10.6 Å². The highest BCUT2D eigenvalue weighted by molar-refractivity contribution is 5.93. The smallest absolute Gasteiger partial charge is 0.305 e. The van der Waals surface area contributed by atoms with Gasteiger partial charge in [-0.25, -0.2) is 0 Å². The van der Waals surface area contributed by atoms with Crippen molar-refractivity contribution in [2.45, 2.75) is 25.9 Å². The second-order valence-electron chi connectivity index (χ2n) is 6.77. The summed E-state index contributed by atoms with van der Waals surface area (Å²) in [7, 11) is 1.55. The maximum Gasteiger partial charge on any atom is 0.305 e. The second-order valence-corrected chi connectivity index (χ2v) is 6.77. The van der Waals surface area contributed by atoms with E-state index < -0.39 is 18.0 Å². The molecule has 8 nitrogen and oxygen atoms in total. The standard InChI is InChI=1S/C25H30N2O6/c1-19(28)27-25-20(13-11-15-22(25)33-2)12-9-7-5-3-4-6-8-10-14-21(29)18-23(30)26-17-16-24(31)32/h3-15,21,29H,16-18H2,1-2H3,(H,26,30)(H,27,28)(H,31,32)/b4-3+,7-5+,8-6+,12-9+,14-10+/t21-/m0/s1. The van der Waals surface area contributed by atoms with E-state index in [4.69, 9.17) is 9.84 Å². The third-order valence-electron chi connectivity index (χ3n) is 4.02. The van der Waals surface area contributed by atoms with Crippen LogP contribution in [0.4, 0.5) is 5.69 Å². The van der Waals surface area contributed by atoms with Gasteiger partial charge in [0.25, 0.3) is 0 Å². The molecule has 0 bridgehead atoms. The number of para-hydroxylation sites is 1. The summed E-state index contributed by atoms with van der Waals surface area (Å²) >= 11 is 0. The summed E-state index contributed by atoms with van der Waals surface area (Å²) in [5.41, 5.74) is 1.43. The van der Waals surface area contributed by atoms with Crippen LogP contribution in [0.2, 0.25) is 0 Å². The fourth-order valence-corrected chi connectivity index (χ4v) is 2.54. The van der Waals surface area contributed by atoms with E-state index in [9.17, 15) is 19.5 Å². The lowest BCUT2D eigenvalue weighted by molar-refractivity contribution is -0.137. The van der Waals surface area contributed by atoms with Crippen LogP contribution < -0.4 is 15.4 Å². The predicted octanol–water partition coefficient (Wildman–Crippen LogP) is 3.23. The van der Waals surface area contributed by atoms with Gasteiger partial charge >= 0.3 is 5.97 Å². The Hall–Kier alpha value is -3.91. The van der Waals surface area contributed by atoms with Crippen LogP contribution in [-0.4, -0.2) is 47.8 Å². The topological polar surface area (TPSA) is 125 Å². The van der Waals surface area contributed by atoms with Crippen molar-refractivity contribution >= 4 is 29.5 Å². The molecule has 1 rings (SSSR count). The second kappa shape index (κ2) is 15.8. The van der Waals surface area contributed by atoms with E-state index >= 15 is 0 Å². The number of benzene rings is 1. The number of amides is 2. The average Bonchev–Trinajstić information content (AvgIpc) is 2.75. The number of anilines is 1. The molecule has 0 radical (unpaired) electrons. The van der Waals surface area contributed by atoms with Gasteiger partial charge in [0, 0.05) is 19.0 Å². The summed E-state index contributed by atoms with van der Waals surface area (Å²) in [6.07, 6.45) is 16.3. The Labute approximate surface area is 193 Å². The summed E-state index contributed by atoms with van der Waals surface area (Å²) in [4.78, 5) is 33.3. The van der Waals surface area contributed by atoms with Crippen molar-refractivity contribution in [2.24, 2.45) is 0 Å². The number of carbonyl (C=O) groups excluding carboxylic acids is 2. The molecule has 0 aliphatic rings. The summed E-state index contributed by atoms with van der Waals surface area (Å²) in [6, 6.07) is 5.49. The SMILES string of the molecule is COc1cccc(/C=C/C=C/C=C/C=C/C=C/[C@H](O)CC(=O)NCCC(=O)O)c1NC(C)=O. The number of carboxylic acid groups (broad SMARTS) is 1. The molecule has 0 saturated heterocycles. The first-order valence-corrected chi connectivity index (χ1v) is 10.3. The molecule has 8 heteroatoms. The molecule has 2 amide bonds. The number of aliphatic hydroxyl groups excluding tert-OH is 1. The normalized spacial score (nSPS) is 12.8. The zero-order chi connectivity index (χ0) is 24.5. The molecule has 33 heavy (non-hydrogen) atoms. The van der Waals surface area contributed by atoms with E-state index in [0.29, 0.717) is 11.4 Å². The largest absolute Gasteiger partial charge is 0.495 e. The lowest BCUT2D eigenvalue weighted by Crippen LogP contribution is -2.28. The zero-order valence-electron chi connectivity index (χ0n) is 18.7. The molecule has 0 spiro atoms. The van der Waals surface area contributed by atoms with Crippen molar-refractivity contribution < 1.29 is 29.3 Å². The Balaban J connectivity index is 2.46. The molecule has 4 N–H and O–H groups in total. The number of aliphatic hydroxyl groups is 1. The monoisotopic (exact) mass is 454 g/mol. The molecule has 176 valence electrons. The minimum atomic E-state index is -0.993. The summed E-state index contributed by atoms with van der Waals surface area (Å²) < 4.78 is 5.29. The van der Waals surface area contributed by atoms with Gasteiger partial charge in [0.1, 0.15) is 5.75 Å². The lowest BCUT2D eigenvalue weighted by atomic mass is 10.1. The number of rotatable bonds is 13. The average molecular weight is 455 g/mol. The predicted molar refractivity (Wildman–Crippen MR) is 129 cm³/mol. The molecule has 0 unspecified atom stereocenters. The fourth-order valence-electron chi connectivity index (χ4n) is 2.54. The third kappa shape index (κ3) is 12.5. The molecule has 1 atom stereocenters. The van der Waals surface area contributed by atoms with E-state index in [1.165, 1.54) is 13.0 Å². The molecule has 1 aromatic carbocycles. The van der Waals surface area contributed by atoms with Crippen LogP contribution in [0.25, 0.3) is 6.08 Å². The first-order chi connectivity index (χ1) is 15.8. The van der Waals surface area contributed by atoms with Crippen molar-refractivity contribution in [3.05, 3.63) is 78.4 Å². The van der Waals surface area contributed by atoms with Crippen LogP contribution in [0, 0.1) is 0 Å². The van der Waals surface area contributed by atoms with Crippen LogP contribution in [0.1, 0.15) is 25.3 Å². The fraction of sp³-hybridized carbons (Fsp3) is 0.240. The Bertz CT molecular complexity index is 944. The maximum absolute atomic E-state index is 11.5. The molecule has 0 heterocycles. The van der Waals surface area contributed by atoms with Gasteiger partial charge in [-0.2, -0.15) is 0 Å².